The normalized spacial score (nSPS) is 15.9. The molecule has 1 aromatic rings. The van der Waals surface area contributed by atoms with Crippen molar-refractivity contribution >= 4 is 11.9 Å². The SMILES string of the molecule is CCCC1(CNC(=O)CCc2ccccc2C(=O)O)CCC1. The number of hydrogen-bond donors (Lipinski definition) is 2. The van der Waals surface area contributed by atoms with Crippen molar-refractivity contribution in [1.29, 1.82) is 0 Å². The van der Waals surface area contributed by atoms with Crippen molar-refractivity contribution in [2.75, 3.05) is 6.54 Å². The number of carbonyl (C=O) groups excluding carboxylic acids is 1. The van der Waals surface area contributed by atoms with Gasteiger partial charge in [0.05, 0.1) is 5.56 Å². The van der Waals surface area contributed by atoms with Crippen LogP contribution in [0.1, 0.15) is 61.4 Å². The van der Waals surface area contributed by atoms with E-state index in [9.17, 15) is 9.59 Å². The van der Waals surface area contributed by atoms with Gasteiger partial charge in [-0.1, -0.05) is 38.0 Å². The third-order valence-corrected chi connectivity index (χ3v) is 4.72. The first-order chi connectivity index (χ1) is 10.6. The number of carboxylic acid groups (broad SMARTS) is 1. The molecule has 0 saturated heterocycles. The molecule has 1 aliphatic rings. The third-order valence-electron chi connectivity index (χ3n) is 4.72. The van der Waals surface area contributed by atoms with Crippen LogP contribution in [0, 0.1) is 5.41 Å². The fourth-order valence-corrected chi connectivity index (χ4v) is 3.29. The molecule has 4 nitrogen and oxygen atoms in total. The van der Waals surface area contributed by atoms with Crippen molar-refractivity contribution in [1.82, 2.24) is 5.32 Å². The highest BCUT2D eigenvalue weighted by Crippen LogP contribution is 2.44. The summed E-state index contributed by atoms with van der Waals surface area (Å²) in [6.45, 7) is 2.95. The first-order valence-electron chi connectivity index (χ1n) is 8.14. The van der Waals surface area contributed by atoms with Crippen LogP contribution < -0.4 is 5.32 Å². The monoisotopic (exact) mass is 303 g/mol. The molecular formula is C18H25NO3. The molecule has 120 valence electrons. The average molecular weight is 303 g/mol. The first kappa shape index (κ1) is 16.5. The summed E-state index contributed by atoms with van der Waals surface area (Å²) in [5.41, 5.74) is 1.33. The zero-order chi connectivity index (χ0) is 16.0. The van der Waals surface area contributed by atoms with Gasteiger partial charge in [0, 0.05) is 13.0 Å². The smallest absolute Gasteiger partial charge is 0.335 e. The van der Waals surface area contributed by atoms with Gasteiger partial charge in [-0.3, -0.25) is 4.79 Å². The molecule has 22 heavy (non-hydrogen) atoms. The molecule has 0 unspecified atom stereocenters. The van der Waals surface area contributed by atoms with Crippen LogP contribution >= 0.6 is 0 Å². The molecule has 1 saturated carbocycles. The second-order valence-corrected chi connectivity index (χ2v) is 6.34. The quantitative estimate of drug-likeness (QED) is 0.773. The summed E-state index contributed by atoms with van der Waals surface area (Å²) in [6.07, 6.45) is 6.83. The molecule has 0 radical (unpaired) electrons. The van der Waals surface area contributed by atoms with Gasteiger partial charge >= 0.3 is 5.97 Å². The topological polar surface area (TPSA) is 66.4 Å². The lowest BCUT2D eigenvalue weighted by Gasteiger charge is -2.42. The van der Waals surface area contributed by atoms with Crippen LogP contribution in [0.4, 0.5) is 0 Å². The standard InChI is InChI=1S/C18H25NO3/c1-2-10-18(11-5-12-18)13-19-16(20)9-8-14-6-3-4-7-15(14)17(21)22/h3-4,6-7H,2,5,8-13H2,1H3,(H,19,20)(H,21,22). The Bertz CT molecular complexity index is 535. The van der Waals surface area contributed by atoms with E-state index in [2.05, 4.69) is 12.2 Å². The summed E-state index contributed by atoms with van der Waals surface area (Å²) in [6, 6.07) is 6.88. The molecule has 1 aromatic carbocycles. The summed E-state index contributed by atoms with van der Waals surface area (Å²) in [5.74, 6) is -0.921. The molecule has 1 aliphatic carbocycles. The molecule has 0 heterocycles. The zero-order valence-electron chi connectivity index (χ0n) is 13.2. The van der Waals surface area contributed by atoms with Crippen molar-refractivity contribution in [2.24, 2.45) is 5.41 Å². The molecule has 2 rings (SSSR count). The lowest BCUT2D eigenvalue weighted by Crippen LogP contribution is -2.42. The maximum Gasteiger partial charge on any atom is 0.335 e. The highest BCUT2D eigenvalue weighted by atomic mass is 16.4. The van der Waals surface area contributed by atoms with Crippen molar-refractivity contribution in [2.45, 2.75) is 51.9 Å². The van der Waals surface area contributed by atoms with E-state index in [0.717, 1.165) is 18.5 Å². The van der Waals surface area contributed by atoms with Gasteiger partial charge in [-0.2, -0.15) is 0 Å². The number of aryl methyl sites for hydroxylation is 1. The number of carboxylic acids is 1. The Morgan fingerprint density at radius 1 is 1.27 bits per heavy atom. The summed E-state index contributed by atoms with van der Waals surface area (Å²) < 4.78 is 0. The molecule has 0 spiro atoms. The van der Waals surface area contributed by atoms with E-state index < -0.39 is 5.97 Å². The summed E-state index contributed by atoms with van der Waals surface area (Å²) in [5, 5.41) is 12.2. The maximum atomic E-state index is 12.0. The van der Waals surface area contributed by atoms with E-state index in [0.29, 0.717) is 18.3 Å². The van der Waals surface area contributed by atoms with Crippen LogP contribution in [0.3, 0.4) is 0 Å². The molecule has 0 bridgehead atoms. The van der Waals surface area contributed by atoms with Gasteiger partial charge in [0.15, 0.2) is 0 Å². The Balaban J connectivity index is 1.82. The Hall–Kier alpha value is -1.84. The van der Waals surface area contributed by atoms with Gasteiger partial charge in [-0.25, -0.2) is 4.79 Å². The van der Waals surface area contributed by atoms with Gasteiger partial charge in [0.25, 0.3) is 0 Å². The van der Waals surface area contributed by atoms with Gasteiger partial charge in [0.1, 0.15) is 0 Å². The van der Waals surface area contributed by atoms with Crippen LogP contribution in [0.5, 0.6) is 0 Å². The second kappa shape index (κ2) is 7.43. The predicted molar refractivity (Wildman–Crippen MR) is 85.9 cm³/mol. The predicted octanol–water partition coefficient (Wildman–Crippen LogP) is 3.40. The number of aromatic carboxylic acids is 1. The van der Waals surface area contributed by atoms with Gasteiger partial charge < -0.3 is 10.4 Å². The molecule has 1 fully saturated rings. The van der Waals surface area contributed by atoms with Crippen LogP contribution in [-0.2, 0) is 11.2 Å². The minimum Gasteiger partial charge on any atom is -0.478 e. The molecule has 1 amide bonds. The number of rotatable bonds is 8. The fraction of sp³-hybridized carbons (Fsp3) is 0.556. The summed E-state index contributed by atoms with van der Waals surface area (Å²) >= 11 is 0. The number of nitrogens with one attached hydrogen (secondary N) is 1. The van der Waals surface area contributed by atoms with Crippen molar-refractivity contribution < 1.29 is 14.7 Å². The Kier molecular flexibility index (Phi) is 5.58. The molecule has 4 heteroatoms. The maximum absolute atomic E-state index is 12.0. The lowest BCUT2D eigenvalue weighted by atomic mass is 9.66. The Morgan fingerprint density at radius 2 is 2.00 bits per heavy atom. The van der Waals surface area contributed by atoms with Crippen LogP contribution in [0.25, 0.3) is 0 Å². The molecule has 0 atom stereocenters. The minimum absolute atomic E-state index is 0.0163. The van der Waals surface area contributed by atoms with Crippen molar-refractivity contribution in [3.05, 3.63) is 35.4 Å². The highest BCUT2D eigenvalue weighted by Gasteiger charge is 2.35. The molecular weight excluding hydrogens is 278 g/mol. The highest BCUT2D eigenvalue weighted by molar-refractivity contribution is 5.89. The second-order valence-electron chi connectivity index (χ2n) is 6.34. The lowest BCUT2D eigenvalue weighted by molar-refractivity contribution is -0.122. The molecule has 0 aliphatic heterocycles. The molecule has 2 N–H and O–H groups in total. The Labute approximate surface area is 131 Å². The zero-order valence-corrected chi connectivity index (χ0v) is 13.2. The first-order valence-corrected chi connectivity index (χ1v) is 8.14. The van der Waals surface area contributed by atoms with Crippen molar-refractivity contribution in [3.63, 3.8) is 0 Å². The number of amides is 1. The summed E-state index contributed by atoms with van der Waals surface area (Å²) in [7, 11) is 0. The van der Waals surface area contributed by atoms with E-state index in [1.807, 2.05) is 6.07 Å². The van der Waals surface area contributed by atoms with Crippen LogP contribution in [0.15, 0.2) is 24.3 Å². The van der Waals surface area contributed by atoms with Gasteiger partial charge in [-0.15, -0.1) is 0 Å². The van der Waals surface area contributed by atoms with Crippen molar-refractivity contribution in [3.8, 4) is 0 Å². The van der Waals surface area contributed by atoms with E-state index in [1.54, 1.807) is 18.2 Å². The number of hydrogen-bond acceptors (Lipinski definition) is 2. The largest absolute Gasteiger partial charge is 0.478 e. The Morgan fingerprint density at radius 3 is 2.59 bits per heavy atom. The average Bonchev–Trinajstić information content (AvgIpc) is 2.47. The van der Waals surface area contributed by atoms with Crippen LogP contribution in [0.2, 0.25) is 0 Å². The van der Waals surface area contributed by atoms with E-state index in [1.165, 1.54) is 25.7 Å². The van der Waals surface area contributed by atoms with E-state index in [4.69, 9.17) is 5.11 Å². The third kappa shape index (κ3) is 4.09. The van der Waals surface area contributed by atoms with E-state index in [-0.39, 0.29) is 11.5 Å². The van der Waals surface area contributed by atoms with E-state index >= 15 is 0 Å². The summed E-state index contributed by atoms with van der Waals surface area (Å²) in [4.78, 5) is 23.2. The van der Waals surface area contributed by atoms with Gasteiger partial charge in [-0.05, 0) is 42.7 Å². The van der Waals surface area contributed by atoms with Crippen LogP contribution in [-0.4, -0.2) is 23.5 Å². The number of carbonyl (C=O) groups is 2. The molecule has 0 aromatic heterocycles. The van der Waals surface area contributed by atoms with Gasteiger partial charge in [0.2, 0.25) is 5.91 Å². The minimum atomic E-state index is -0.938. The number of benzene rings is 1. The fourth-order valence-electron chi connectivity index (χ4n) is 3.29.